The third-order valence-corrected chi connectivity index (χ3v) is 4.82. The van der Waals surface area contributed by atoms with E-state index in [1.165, 1.54) is 16.8 Å². The van der Waals surface area contributed by atoms with Crippen LogP contribution in [-0.4, -0.2) is 33.6 Å². The number of carbonyl (C=O) groups is 1. The van der Waals surface area contributed by atoms with E-state index in [-0.39, 0.29) is 24.1 Å². The van der Waals surface area contributed by atoms with E-state index in [1.807, 2.05) is 12.1 Å². The van der Waals surface area contributed by atoms with Crippen LogP contribution < -0.4 is 20.6 Å². The molecule has 1 heterocycles. The molecule has 2 aromatic carbocycles. The van der Waals surface area contributed by atoms with Crippen LogP contribution in [0.1, 0.15) is 11.4 Å². The lowest BCUT2D eigenvalue weighted by atomic mass is 10.2. The first-order chi connectivity index (χ1) is 14.0. The summed E-state index contributed by atoms with van der Waals surface area (Å²) in [5, 5.41) is 11.1. The van der Waals surface area contributed by atoms with Crippen LogP contribution in [0.3, 0.4) is 0 Å². The molecule has 3 aromatic rings. The minimum absolute atomic E-state index is 0.118. The van der Waals surface area contributed by atoms with Crippen molar-refractivity contribution in [2.45, 2.75) is 18.3 Å². The third kappa shape index (κ3) is 5.85. The van der Waals surface area contributed by atoms with Gasteiger partial charge < -0.3 is 20.6 Å². The molecule has 1 amide bonds. The number of hydrogen-bond donors (Lipinski definition) is 2. The molecule has 0 fully saturated rings. The molecule has 0 aliphatic rings. The van der Waals surface area contributed by atoms with Gasteiger partial charge in [-0.05, 0) is 29.8 Å². The van der Waals surface area contributed by atoms with E-state index in [0.717, 1.165) is 17.3 Å². The largest absolute Gasteiger partial charge is 0.497 e. The number of aromatic nitrogens is 3. The standard InChI is InChI=1S/C19H20FN5O3S/c1-27-15-3-2-4-16(9-15)28-11-17-23-24-19(25(17)21)29-12-18(26)22-10-13-5-7-14(20)8-6-13/h2-9H,10-12,21H2,1H3,(H,22,26). The minimum atomic E-state index is -0.316. The van der Waals surface area contributed by atoms with Crippen molar-refractivity contribution in [2.75, 3.05) is 18.7 Å². The Bertz CT molecular complexity index is 965. The molecule has 1 aromatic heterocycles. The van der Waals surface area contributed by atoms with Gasteiger partial charge in [0.05, 0.1) is 12.9 Å². The van der Waals surface area contributed by atoms with Crippen molar-refractivity contribution in [3.05, 3.63) is 65.7 Å². The van der Waals surface area contributed by atoms with Crippen molar-refractivity contribution in [1.82, 2.24) is 20.2 Å². The molecule has 0 saturated heterocycles. The van der Waals surface area contributed by atoms with Crippen LogP contribution in [0, 0.1) is 5.82 Å². The number of methoxy groups -OCH3 is 1. The van der Waals surface area contributed by atoms with Crippen LogP contribution in [-0.2, 0) is 17.9 Å². The molecule has 152 valence electrons. The second-order valence-electron chi connectivity index (χ2n) is 5.93. The highest BCUT2D eigenvalue weighted by Crippen LogP contribution is 2.20. The lowest BCUT2D eigenvalue weighted by Gasteiger charge is -2.08. The predicted octanol–water partition coefficient (Wildman–Crippen LogP) is 2.13. The highest BCUT2D eigenvalue weighted by atomic mass is 32.2. The Morgan fingerprint density at radius 3 is 2.72 bits per heavy atom. The molecule has 8 nitrogen and oxygen atoms in total. The smallest absolute Gasteiger partial charge is 0.230 e. The van der Waals surface area contributed by atoms with Gasteiger partial charge in [0.1, 0.15) is 23.9 Å². The molecule has 3 N–H and O–H groups in total. The SMILES string of the molecule is COc1cccc(OCc2nnc(SCC(=O)NCc3ccc(F)cc3)n2N)c1. The Morgan fingerprint density at radius 1 is 1.21 bits per heavy atom. The number of ether oxygens (including phenoxy) is 2. The minimum Gasteiger partial charge on any atom is -0.497 e. The van der Waals surface area contributed by atoms with E-state index >= 15 is 0 Å². The maximum absolute atomic E-state index is 12.9. The highest BCUT2D eigenvalue weighted by molar-refractivity contribution is 7.99. The summed E-state index contributed by atoms with van der Waals surface area (Å²) in [4.78, 5) is 12.0. The fraction of sp³-hybridized carbons (Fsp3) is 0.211. The molecule has 0 radical (unpaired) electrons. The number of nitrogen functional groups attached to an aromatic ring is 1. The van der Waals surface area contributed by atoms with Gasteiger partial charge in [0, 0.05) is 12.6 Å². The molecule has 0 saturated carbocycles. The summed E-state index contributed by atoms with van der Waals surface area (Å²) in [6.45, 7) is 0.433. The number of nitrogens with two attached hydrogens (primary N) is 1. The van der Waals surface area contributed by atoms with Crippen LogP contribution in [0.5, 0.6) is 11.5 Å². The Labute approximate surface area is 171 Å². The van der Waals surface area contributed by atoms with Gasteiger partial charge in [0.25, 0.3) is 0 Å². The summed E-state index contributed by atoms with van der Waals surface area (Å²) >= 11 is 1.16. The molecule has 0 aliphatic carbocycles. The fourth-order valence-electron chi connectivity index (χ4n) is 2.33. The summed E-state index contributed by atoms with van der Waals surface area (Å²) in [7, 11) is 1.58. The molecule has 0 bridgehead atoms. The summed E-state index contributed by atoms with van der Waals surface area (Å²) in [5.41, 5.74) is 0.809. The molecule has 10 heteroatoms. The quantitative estimate of drug-likeness (QED) is 0.406. The molecule has 3 rings (SSSR count). The molecular formula is C19H20FN5O3S. The van der Waals surface area contributed by atoms with Gasteiger partial charge in [-0.1, -0.05) is 30.0 Å². The summed E-state index contributed by atoms with van der Waals surface area (Å²) in [5.74, 6) is 7.30. The number of thioether (sulfide) groups is 1. The lowest BCUT2D eigenvalue weighted by molar-refractivity contribution is -0.118. The first-order valence-corrected chi connectivity index (χ1v) is 9.64. The van der Waals surface area contributed by atoms with Crippen molar-refractivity contribution in [3.63, 3.8) is 0 Å². The van der Waals surface area contributed by atoms with Crippen LogP contribution in [0.4, 0.5) is 4.39 Å². The van der Waals surface area contributed by atoms with Gasteiger partial charge >= 0.3 is 0 Å². The molecule has 0 spiro atoms. The van der Waals surface area contributed by atoms with Gasteiger partial charge in [0.15, 0.2) is 5.82 Å². The number of nitrogens with one attached hydrogen (secondary N) is 1. The highest BCUT2D eigenvalue weighted by Gasteiger charge is 2.13. The summed E-state index contributed by atoms with van der Waals surface area (Å²) < 4.78 is 25.0. The van der Waals surface area contributed by atoms with Crippen molar-refractivity contribution < 1.29 is 18.7 Å². The van der Waals surface area contributed by atoms with Gasteiger partial charge in [-0.3, -0.25) is 4.79 Å². The number of rotatable bonds is 9. The normalized spacial score (nSPS) is 10.6. The number of benzene rings is 2. The van der Waals surface area contributed by atoms with Gasteiger partial charge in [0.2, 0.25) is 11.1 Å². The Kier molecular flexibility index (Phi) is 6.90. The van der Waals surface area contributed by atoms with Crippen molar-refractivity contribution in [1.29, 1.82) is 0 Å². The average Bonchev–Trinajstić information content (AvgIpc) is 3.10. The zero-order valence-electron chi connectivity index (χ0n) is 15.7. The van der Waals surface area contributed by atoms with Crippen LogP contribution in [0.25, 0.3) is 0 Å². The molecule has 0 atom stereocenters. The Balaban J connectivity index is 1.47. The third-order valence-electron chi connectivity index (χ3n) is 3.88. The van der Waals surface area contributed by atoms with Crippen LogP contribution in [0.2, 0.25) is 0 Å². The van der Waals surface area contributed by atoms with Gasteiger partial charge in [-0.2, -0.15) is 0 Å². The van der Waals surface area contributed by atoms with E-state index in [0.29, 0.717) is 29.0 Å². The van der Waals surface area contributed by atoms with Crippen LogP contribution >= 0.6 is 11.8 Å². The topological polar surface area (TPSA) is 104 Å². The van der Waals surface area contributed by atoms with Gasteiger partial charge in [-0.15, -0.1) is 10.2 Å². The van der Waals surface area contributed by atoms with Crippen molar-refractivity contribution in [2.24, 2.45) is 0 Å². The van der Waals surface area contributed by atoms with Crippen molar-refractivity contribution >= 4 is 17.7 Å². The average molecular weight is 417 g/mol. The number of amides is 1. The zero-order valence-corrected chi connectivity index (χ0v) is 16.5. The van der Waals surface area contributed by atoms with E-state index in [1.54, 1.807) is 31.4 Å². The fourth-order valence-corrected chi connectivity index (χ4v) is 3.03. The van der Waals surface area contributed by atoms with E-state index in [2.05, 4.69) is 15.5 Å². The van der Waals surface area contributed by atoms with Crippen LogP contribution in [0.15, 0.2) is 53.7 Å². The van der Waals surface area contributed by atoms with E-state index in [4.69, 9.17) is 15.3 Å². The maximum Gasteiger partial charge on any atom is 0.230 e. The first kappa shape index (κ1) is 20.5. The second-order valence-corrected chi connectivity index (χ2v) is 6.87. The number of carbonyl (C=O) groups excluding carboxylic acids is 1. The number of halogens is 1. The van der Waals surface area contributed by atoms with E-state index < -0.39 is 0 Å². The molecule has 29 heavy (non-hydrogen) atoms. The maximum atomic E-state index is 12.9. The number of nitrogens with zero attached hydrogens (tertiary/aromatic N) is 3. The van der Waals surface area contributed by atoms with Crippen molar-refractivity contribution in [3.8, 4) is 11.5 Å². The molecule has 0 unspecified atom stereocenters. The number of hydrogen-bond acceptors (Lipinski definition) is 7. The predicted molar refractivity (Wildman–Crippen MR) is 106 cm³/mol. The summed E-state index contributed by atoms with van der Waals surface area (Å²) in [6.07, 6.45) is 0. The van der Waals surface area contributed by atoms with E-state index in [9.17, 15) is 9.18 Å². The lowest BCUT2D eigenvalue weighted by Crippen LogP contribution is -2.25. The first-order valence-electron chi connectivity index (χ1n) is 8.65. The summed E-state index contributed by atoms with van der Waals surface area (Å²) in [6, 6.07) is 13.1. The Hall–Kier alpha value is -3.27. The molecular weight excluding hydrogens is 397 g/mol. The monoisotopic (exact) mass is 417 g/mol. The molecule has 0 aliphatic heterocycles. The Morgan fingerprint density at radius 2 is 1.97 bits per heavy atom. The van der Waals surface area contributed by atoms with Gasteiger partial charge in [-0.25, -0.2) is 9.07 Å². The second kappa shape index (κ2) is 9.78. The zero-order chi connectivity index (χ0) is 20.6.